The number of rotatable bonds is 9. The lowest BCUT2D eigenvalue weighted by atomic mass is 10.1. The van der Waals surface area contributed by atoms with E-state index in [9.17, 15) is 13.2 Å². The third-order valence-corrected chi connectivity index (χ3v) is 9.02. The summed E-state index contributed by atoms with van der Waals surface area (Å²) in [6, 6.07) is -0.0688. The van der Waals surface area contributed by atoms with Crippen molar-refractivity contribution in [3.05, 3.63) is 52.4 Å². The van der Waals surface area contributed by atoms with Crippen molar-refractivity contribution in [3.8, 4) is 11.4 Å². The van der Waals surface area contributed by atoms with E-state index in [1.807, 2.05) is 13.8 Å². The van der Waals surface area contributed by atoms with Crippen LogP contribution in [0.25, 0.3) is 22.6 Å². The molecule has 0 amide bonds. The summed E-state index contributed by atoms with van der Waals surface area (Å²) < 4.78 is 25.8. The highest BCUT2D eigenvalue weighted by atomic mass is 32.2. The van der Waals surface area contributed by atoms with Gasteiger partial charge in [0, 0.05) is 12.0 Å². The fourth-order valence-electron chi connectivity index (χ4n) is 4.76. The molecule has 2 aliphatic carbocycles. The van der Waals surface area contributed by atoms with E-state index >= 15 is 0 Å². The van der Waals surface area contributed by atoms with Crippen LogP contribution >= 0.6 is 0 Å². The van der Waals surface area contributed by atoms with E-state index in [-0.39, 0.29) is 34.7 Å². The first-order chi connectivity index (χ1) is 18.8. The molecule has 2 fully saturated rings. The molecule has 0 aliphatic heterocycles. The maximum atomic E-state index is 13.7. The summed E-state index contributed by atoms with van der Waals surface area (Å²) >= 11 is 0. The van der Waals surface area contributed by atoms with Crippen molar-refractivity contribution in [2.45, 2.75) is 70.0 Å². The molecule has 2 aliphatic rings. The van der Waals surface area contributed by atoms with Crippen LogP contribution in [0, 0.1) is 12.8 Å². The minimum atomic E-state index is -3.44. The predicted molar refractivity (Wildman–Crippen MR) is 144 cm³/mol. The van der Waals surface area contributed by atoms with Gasteiger partial charge in [0.1, 0.15) is 11.8 Å². The number of fused-ring (bicyclic) bond motifs is 1. The van der Waals surface area contributed by atoms with Crippen LogP contribution in [-0.4, -0.2) is 53.6 Å². The van der Waals surface area contributed by atoms with Crippen molar-refractivity contribution in [3.63, 3.8) is 0 Å². The molecule has 4 aromatic rings. The highest BCUT2D eigenvalue weighted by molar-refractivity contribution is 7.91. The molecule has 2 saturated carbocycles. The summed E-state index contributed by atoms with van der Waals surface area (Å²) in [4.78, 5) is 44.9. The first-order valence-corrected chi connectivity index (χ1v) is 14.8. The van der Waals surface area contributed by atoms with Crippen molar-refractivity contribution in [2.75, 3.05) is 11.1 Å². The molecule has 1 N–H and O–H groups in total. The Bertz CT molecular complexity index is 1730. The van der Waals surface area contributed by atoms with E-state index in [1.165, 1.54) is 12.4 Å². The van der Waals surface area contributed by atoms with Gasteiger partial charge >= 0.3 is 0 Å². The fraction of sp³-hybridized carbons (Fsp3) is 0.462. The smallest absolute Gasteiger partial charge is 0.295 e. The van der Waals surface area contributed by atoms with Crippen molar-refractivity contribution in [2.24, 2.45) is 5.92 Å². The first kappa shape index (κ1) is 25.4. The second kappa shape index (κ2) is 9.70. The molecule has 4 heterocycles. The Morgan fingerprint density at radius 1 is 1.03 bits per heavy atom. The molecule has 202 valence electrons. The van der Waals surface area contributed by atoms with Crippen LogP contribution < -0.4 is 10.9 Å². The van der Waals surface area contributed by atoms with Crippen LogP contribution in [0.5, 0.6) is 0 Å². The van der Waals surface area contributed by atoms with Crippen LogP contribution in [0.15, 0.2) is 34.7 Å². The average Bonchev–Trinajstić information content (AvgIpc) is 3.85. The van der Waals surface area contributed by atoms with Gasteiger partial charge in [-0.15, -0.1) is 0 Å². The van der Waals surface area contributed by atoms with Crippen LogP contribution in [0.1, 0.15) is 68.6 Å². The zero-order valence-electron chi connectivity index (χ0n) is 22.0. The molecule has 6 rings (SSSR count). The van der Waals surface area contributed by atoms with Gasteiger partial charge in [0.15, 0.2) is 32.2 Å². The fourth-order valence-corrected chi connectivity index (χ4v) is 5.48. The minimum absolute atomic E-state index is 0.0540. The van der Waals surface area contributed by atoms with E-state index in [1.54, 1.807) is 24.0 Å². The second-order valence-electron chi connectivity index (χ2n) is 10.2. The summed E-state index contributed by atoms with van der Waals surface area (Å²) in [6.07, 6.45) is 10.1. The molecular formula is C26H29N9O3S. The van der Waals surface area contributed by atoms with Gasteiger partial charge in [0.2, 0.25) is 0 Å². The zero-order valence-corrected chi connectivity index (χ0v) is 22.8. The van der Waals surface area contributed by atoms with Crippen molar-refractivity contribution >= 4 is 26.8 Å². The lowest BCUT2D eigenvalue weighted by molar-refractivity contribution is 0.482. The van der Waals surface area contributed by atoms with Crippen molar-refractivity contribution in [1.82, 2.24) is 39.5 Å². The predicted octanol–water partition coefficient (Wildman–Crippen LogP) is 3.00. The summed E-state index contributed by atoms with van der Waals surface area (Å²) in [5.41, 5.74) is 3.76. The van der Waals surface area contributed by atoms with E-state index < -0.39 is 9.84 Å². The normalized spacial score (nSPS) is 16.4. The maximum Gasteiger partial charge on any atom is 0.295 e. The minimum Gasteiger partial charge on any atom is -0.360 e. The van der Waals surface area contributed by atoms with Gasteiger partial charge in [-0.2, -0.15) is 0 Å². The molecule has 0 spiro atoms. The molecule has 1 unspecified atom stereocenters. The van der Waals surface area contributed by atoms with Gasteiger partial charge in [0.25, 0.3) is 5.56 Å². The first-order valence-electron chi connectivity index (χ1n) is 13.2. The number of hydrogen-bond donors (Lipinski definition) is 1. The molecule has 4 aromatic heterocycles. The van der Waals surface area contributed by atoms with E-state index in [0.29, 0.717) is 34.5 Å². The zero-order chi connectivity index (χ0) is 27.3. The lowest BCUT2D eigenvalue weighted by Gasteiger charge is -2.19. The summed E-state index contributed by atoms with van der Waals surface area (Å²) in [6.45, 7) is 5.66. The molecule has 0 aromatic carbocycles. The molecule has 1 atom stereocenters. The molecule has 39 heavy (non-hydrogen) atoms. The third kappa shape index (κ3) is 4.86. The van der Waals surface area contributed by atoms with Gasteiger partial charge in [0.05, 0.1) is 53.5 Å². The van der Waals surface area contributed by atoms with Crippen LogP contribution in [0.2, 0.25) is 0 Å². The number of aromatic nitrogens is 8. The van der Waals surface area contributed by atoms with E-state index in [4.69, 9.17) is 4.98 Å². The number of aryl methyl sites for hydroxylation is 1. The quantitative estimate of drug-likeness (QED) is 0.328. The largest absolute Gasteiger partial charge is 0.360 e. The van der Waals surface area contributed by atoms with Crippen LogP contribution in [0.3, 0.4) is 0 Å². The Hall–Kier alpha value is -3.87. The van der Waals surface area contributed by atoms with Gasteiger partial charge < -0.3 is 5.32 Å². The molecule has 13 heteroatoms. The highest BCUT2D eigenvalue weighted by Gasteiger charge is 2.33. The van der Waals surface area contributed by atoms with Crippen LogP contribution in [-0.2, 0) is 16.4 Å². The van der Waals surface area contributed by atoms with Gasteiger partial charge in [-0.3, -0.25) is 14.3 Å². The standard InChI is InChI=1S/C26H29N9O3S/c1-4-39(37,38)20-12-27-18(9-28-20)10-29-24-26(36)35(15(3)16-5-6-16)25-19(33-24)11-30-23(34-25)21-14(2)31-13-32-22(21)17-7-8-17/h9,11-13,15-17H,4-8,10H2,1-3H3,(H,29,33). The molecule has 0 saturated heterocycles. The summed E-state index contributed by atoms with van der Waals surface area (Å²) in [5.74, 6) is 1.37. The number of anilines is 1. The average molecular weight is 548 g/mol. The Morgan fingerprint density at radius 3 is 2.49 bits per heavy atom. The van der Waals surface area contributed by atoms with Gasteiger partial charge in [-0.25, -0.2) is 38.3 Å². The molecular weight excluding hydrogens is 518 g/mol. The van der Waals surface area contributed by atoms with Crippen molar-refractivity contribution in [1.29, 1.82) is 0 Å². The topological polar surface area (TPSA) is 158 Å². The summed E-state index contributed by atoms with van der Waals surface area (Å²) in [5, 5.41) is 2.99. The Balaban J connectivity index is 1.38. The monoisotopic (exact) mass is 547 g/mol. The molecule has 0 radical (unpaired) electrons. The number of nitrogens with zero attached hydrogens (tertiary/aromatic N) is 8. The summed E-state index contributed by atoms with van der Waals surface area (Å²) in [7, 11) is -3.44. The number of hydrogen-bond acceptors (Lipinski definition) is 11. The number of sulfone groups is 1. The lowest BCUT2D eigenvalue weighted by Crippen LogP contribution is -2.29. The number of nitrogens with one attached hydrogen (secondary N) is 1. The van der Waals surface area contributed by atoms with Gasteiger partial charge in [-0.1, -0.05) is 6.92 Å². The molecule has 0 bridgehead atoms. The second-order valence-corrected chi connectivity index (χ2v) is 12.4. The highest BCUT2D eigenvalue weighted by Crippen LogP contribution is 2.43. The SMILES string of the molecule is CCS(=O)(=O)c1cnc(CNc2nc3cnc(-c4c(C)ncnc4C4CC4)nc3n(C(C)C3CC3)c2=O)cn1. The van der Waals surface area contributed by atoms with Crippen LogP contribution in [0.4, 0.5) is 5.82 Å². The molecule has 12 nitrogen and oxygen atoms in total. The Morgan fingerprint density at radius 2 is 1.82 bits per heavy atom. The Labute approximate surface area is 225 Å². The van der Waals surface area contributed by atoms with E-state index in [2.05, 4.69) is 35.2 Å². The van der Waals surface area contributed by atoms with E-state index in [0.717, 1.165) is 42.6 Å². The maximum absolute atomic E-state index is 13.7. The van der Waals surface area contributed by atoms with Gasteiger partial charge in [-0.05, 0) is 45.4 Å². The third-order valence-electron chi connectivity index (χ3n) is 7.41. The van der Waals surface area contributed by atoms with Crippen molar-refractivity contribution < 1.29 is 8.42 Å². The Kier molecular flexibility index (Phi) is 6.32.